The summed E-state index contributed by atoms with van der Waals surface area (Å²) in [6.45, 7) is 1.39. The number of rotatable bonds is 3. The highest BCUT2D eigenvalue weighted by Crippen LogP contribution is 2.37. The molecule has 0 aromatic carbocycles. The fourth-order valence-electron chi connectivity index (χ4n) is 2.56. The molecule has 0 aliphatic carbocycles. The molecule has 5 nitrogen and oxygen atoms in total. The lowest BCUT2D eigenvalue weighted by Crippen LogP contribution is -2.31. The van der Waals surface area contributed by atoms with E-state index in [0.717, 1.165) is 18.3 Å². The van der Waals surface area contributed by atoms with Crippen molar-refractivity contribution in [1.29, 1.82) is 0 Å². The van der Waals surface area contributed by atoms with Gasteiger partial charge in [0.2, 0.25) is 5.89 Å². The van der Waals surface area contributed by atoms with Crippen LogP contribution in [0.25, 0.3) is 0 Å². The van der Waals surface area contributed by atoms with Crippen LogP contribution in [-0.4, -0.2) is 42.2 Å². The van der Waals surface area contributed by atoms with Gasteiger partial charge in [-0.2, -0.15) is 16.7 Å². The first kappa shape index (κ1) is 12.4. The zero-order chi connectivity index (χ0) is 12.4. The topological polar surface area (TPSA) is 60.2 Å². The molecule has 0 bridgehead atoms. The van der Waals surface area contributed by atoms with Crippen LogP contribution in [0.4, 0.5) is 0 Å². The first-order valence-corrected chi connectivity index (χ1v) is 7.63. The number of nitrogens with one attached hydrogen (secondary N) is 1. The Kier molecular flexibility index (Phi) is 3.86. The van der Waals surface area contributed by atoms with Gasteiger partial charge in [0.25, 0.3) is 0 Å². The zero-order valence-electron chi connectivity index (χ0n) is 10.6. The summed E-state index contributed by atoms with van der Waals surface area (Å²) in [4.78, 5) is 4.60. The third kappa shape index (κ3) is 2.41. The van der Waals surface area contributed by atoms with Crippen LogP contribution >= 0.6 is 11.8 Å². The molecule has 0 amide bonds. The molecule has 6 heteroatoms. The highest BCUT2D eigenvalue weighted by atomic mass is 32.2. The second-order valence-corrected chi connectivity index (χ2v) is 6.20. The number of hydrogen-bond acceptors (Lipinski definition) is 6. The number of thioether (sulfide) groups is 1. The van der Waals surface area contributed by atoms with Gasteiger partial charge in [0.1, 0.15) is 0 Å². The van der Waals surface area contributed by atoms with E-state index in [4.69, 9.17) is 9.26 Å². The molecule has 3 heterocycles. The Morgan fingerprint density at radius 3 is 3.06 bits per heavy atom. The summed E-state index contributed by atoms with van der Waals surface area (Å²) in [5.41, 5.74) is 0. The molecule has 100 valence electrons. The van der Waals surface area contributed by atoms with E-state index in [-0.39, 0.29) is 12.0 Å². The van der Waals surface area contributed by atoms with Crippen molar-refractivity contribution in [2.75, 3.05) is 26.0 Å². The first-order valence-electron chi connectivity index (χ1n) is 6.58. The van der Waals surface area contributed by atoms with Crippen LogP contribution in [0.1, 0.15) is 42.1 Å². The summed E-state index contributed by atoms with van der Waals surface area (Å²) in [6.07, 6.45) is 3.75. The molecule has 2 fully saturated rings. The number of ether oxygens (including phenoxy) is 1. The maximum atomic E-state index is 5.47. The van der Waals surface area contributed by atoms with E-state index in [1.54, 1.807) is 0 Å². The lowest BCUT2D eigenvalue weighted by molar-refractivity contribution is 0.185. The number of aromatic nitrogens is 2. The SMILES string of the molecule is CNC1COCC1c1nc(C2CCCCS2)no1. The van der Waals surface area contributed by atoms with Crippen molar-refractivity contribution in [2.24, 2.45) is 0 Å². The minimum atomic E-state index is 0.199. The van der Waals surface area contributed by atoms with Crippen LogP contribution in [0.15, 0.2) is 4.52 Å². The molecule has 3 atom stereocenters. The van der Waals surface area contributed by atoms with Crippen LogP contribution < -0.4 is 5.32 Å². The largest absolute Gasteiger partial charge is 0.379 e. The number of likely N-dealkylation sites (N-methyl/N-ethyl adjacent to an activating group) is 1. The third-order valence-electron chi connectivity index (χ3n) is 3.69. The Hall–Kier alpha value is -0.590. The second kappa shape index (κ2) is 5.59. The van der Waals surface area contributed by atoms with E-state index in [1.807, 2.05) is 18.8 Å². The van der Waals surface area contributed by atoms with Crippen LogP contribution in [-0.2, 0) is 4.74 Å². The van der Waals surface area contributed by atoms with E-state index in [1.165, 1.54) is 25.0 Å². The van der Waals surface area contributed by atoms with Gasteiger partial charge in [0, 0.05) is 6.04 Å². The molecule has 0 saturated carbocycles. The summed E-state index contributed by atoms with van der Waals surface area (Å²) >= 11 is 1.95. The fraction of sp³-hybridized carbons (Fsp3) is 0.833. The van der Waals surface area contributed by atoms with Crippen molar-refractivity contribution < 1.29 is 9.26 Å². The normalized spacial score (nSPS) is 32.8. The average molecular weight is 269 g/mol. The Bertz CT molecular complexity index is 392. The monoisotopic (exact) mass is 269 g/mol. The summed E-state index contributed by atoms with van der Waals surface area (Å²) in [5, 5.41) is 7.83. The van der Waals surface area contributed by atoms with Crippen LogP contribution in [0, 0.1) is 0 Å². The van der Waals surface area contributed by atoms with Crippen molar-refractivity contribution in [1.82, 2.24) is 15.5 Å². The van der Waals surface area contributed by atoms with Gasteiger partial charge >= 0.3 is 0 Å². The molecule has 0 radical (unpaired) electrons. The molecule has 2 aliphatic heterocycles. The molecule has 2 saturated heterocycles. The van der Waals surface area contributed by atoms with E-state index in [9.17, 15) is 0 Å². The van der Waals surface area contributed by atoms with E-state index >= 15 is 0 Å². The van der Waals surface area contributed by atoms with Crippen molar-refractivity contribution in [3.05, 3.63) is 11.7 Å². The molecule has 1 aromatic heterocycles. The van der Waals surface area contributed by atoms with Gasteiger partial charge in [0.05, 0.1) is 24.4 Å². The Labute approximate surface area is 111 Å². The maximum Gasteiger partial charge on any atom is 0.233 e. The van der Waals surface area contributed by atoms with Crippen molar-refractivity contribution in [2.45, 2.75) is 36.5 Å². The molecule has 2 aliphatic rings. The van der Waals surface area contributed by atoms with E-state index < -0.39 is 0 Å². The Balaban J connectivity index is 1.72. The van der Waals surface area contributed by atoms with Gasteiger partial charge in [-0.1, -0.05) is 11.6 Å². The summed E-state index contributed by atoms with van der Waals surface area (Å²) in [7, 11) is 1.95. The van der Waals surface area contributed by atoms with Crippen LogP contribution in [0.5, 0.6) is 0 Å². The molecule has 1 aromatic rings. The Morgan fingerprint density at radius 2 is 2.28 bits per heavy atom. The van der Waals surface area contributed by atoms with Crippen molar-refractivity contribution >= 4 is 11.8 Å². The van der Waals surface area contributed by atoms with E-state index in [0.29, 0.717) is 11.9 Å². The van der Waals surface area contributed by atoms with E-state index in [2.05, 4.69) is 15.5 Å². The number of nitrogens with zero attached hydrogens (tertiary/aromatic N) is 2. The zero-order valence-corrected chi connectivity index (χ0v) is 11.4. The highest BCUT2D eigenvalue weighted by Gasteiger charge is 2.33. The van der Waals surface area contributed by atoms with Gasteiger partial charge < -0.3 is 14.6 Å². The predicted molar refractivity (Wildman–Crippen MR) is 69.8 cm³/mol. The molecule has 3 unspecified atom stereocenters. The van der Waals surface area contributed by atoms with Gasteiger partial charge in [-0.3, -0.25) is 0 Å². The van der Waals surface area contributed by atoms with Gasteiger partial charge in [-0.05, 0) is 25.6 Å². The summed E-state index contributed by atoms with van der Waals surface area (Å²) in [5.74, 6) is 3.01. The molecule has 1 N–H and O–H groups in total. The van der Waals surface area contributed by atoms with Crippen LogP contribution in [0.2, 0.25) is 0 Å². The van der Waals surface area contributed by atoms with Gasteiger partial charge in [-0.25, -0.2) is 0 Å². The molecular formula is C12H19N3O2S. The molecular weight excluding hydrogens is 250 g/mol. The minimum Gasteiger partial charge on any atom is -0.379 e. The lowest BCUT2D eigenvalue weighted by Gasteiger charge is -2.17. The number of hydrogen-bond donors (Lipinski definition) is 1. The standard InChI is InChI=1S/C12H19N3O2S/c1-13-9-7-16-6-8(9)12-14-11(15-17-12)10-4-2-3-5-18-10/h8-10,13H,2-7H2,1H3. The summed E-state index contributed by atoms with van der Waals surface area (Å²) in [6, 6.07) is 0.289. The predicted octanol–water partition coefficient (Wildman–Crippen LogP) is 1.73. The van der Waals surface area contributed by atoms with Crippen molar-refractivity contribution in [3.63, 3.8) is 0 Å². The Morgan fingerprint density at radius 1 is 1.33 bits per heavy atom. The van der Waals surface area contributed by atoms with Gasteiger partial charge in [-0.15, -0.1) is 0 Å². The second-order valence-electron chi connectivity index (χ2n) is 4.89. The smallest absolute Gasteiger partial charge is 0.233 e. The summed E-state index contributed by atoms with van der Waals surface area (Å²) < 4.78 is 10.9. The van der Waals surface area contributed by atoms with Gasteiger partial charge in [0.15, 0.2) is 5.82 Å². The molecule has 0 spiro atoms. The van der Waals surface area contributed by atoms with Crippen LogP contribution in [0.3, 0.4) is 0 Å². The third-order valence-corrected chi connectivity index (χ3v) is 5.07. The molecule has 18 heavy (non-hydrogen) atoms. The quantitative estimate of drug-likeness (QED) is 0.901. The molecule has 3 rings (SSSR count). The minimum absolute atomic E-state index is 0.199. The fourth-order valence-corrected chi connectivity index (χ4v) is 3.79. The lowest BCUT2D eigenvalue weighted by atomic mass is 10.0. The average Bonchev–Trinajstić information content (AvgIpc) is 3.08. The first-order chi connectivity index (χ1) is 8.88. The maximum absolute atomic E-state index is 5.47. The highest BCUT2D eigenvalue weighted by molar-refractivity contribution is 7.99. The van der Waals surface area contributed by atoms with Crippen molar-refractivity contribution in [3.8, 4) is 0 Å².